The van der Waals surface area contributed by atoms with Gasteiger partial charge in [0.15, 0.2) is 0 Å². The van der Waals surface area contributed by atoms with Crippen molar-refractivity contribution in [2.45, 2.75) is 78.0 Å². The molecule has 0 aromatic carbocycles. The zero-order chi connectivity index (χ0) is 27.1. The van der Waals surface area contributed by atoms with E-state index in [0.717, 1.165) is 18.7 Å². The van der Waals surface area contributed by atoms with E-state index < -0.39 is 0 Å². The lowest BCUT2D eigenvalue weighted by molar-refractivity contribution is 0.486. The first-order valence-corrected chi connectivity index (χ1v) is 11.4. The maximum atomic E-state index is 5.34. The summed E-state index contributed by atoms with van der Waals surface area (Å²) in [6.07, 6.45) is 23.4. The highest BCUT2D eigenvalue weighted by molar-refractivity contribution is 5.10. The topological polar surface area (TPSA) is 61.0 Å². The van der Waals surface area contributed by atoms with Crippen LogP contribution in [-0.2, 0) is 6.54 Å². The number of rotatable bonds is 8. The van der Waals surface area contributed by atoms with Crippen molar-refractivity contribution in [3.63, 3.8) is 0 Å². The van der Waals surface area contributed by atoms with Gasteiger partial charge in [-0.15, -0.1) is 25.7 Å². The van der Waals surface area contributed by atoms with Gasteiger partial charge in [0, 0.05) is 12.7 Å². The van der Waals surface area contributed by atoms with Gasteiger partial charge in [0.05, 0.1) is 28.9 Å². The highest BCUT2D eigenvalue weighted by Gasteiger charge is 2.12. The van der Waals surface area contributed by atoms with Crippen molar-refractivity contribution < 1.29 is 0 Å². The highest BCUT2D eigenvalue weighted by Crippen LogP contribution is 2.01. The minimum Gasteiger partial charge on any atom is -0.309 e. The number of hydrogen-bond acceptors (Lipinski definition) is 5. The maximum absolute atomic E-state index is 5.34. The molecule has 5 nitrogen and oxygen atoms in total. The third kappa shape index (κ3) is 25.5. The highest BCUT2D eigenvalue weighted by atomic mass is 15.0. The fourth-order valence-electron chi connectivity index (χ4n) is 1.53. The van der Waals surface area contributed by atoms with Crippen molar-refractivity contribution in [2.24, 2.45) is 0 Å². The molecule has 1 aromatic rings. The molecule has 0 fully saturated rings. The predicted octanol–water partition coefficient (Wildman–Crippen LogP) is 3.44. The Bertz CT molecular complexity index is 781. The Kier molecular flexibility index (Phi) is 21.9. The van der Waals surface area contributed by atoms with Gasteiger partial charge in [0.25, 0.3) is 0 Å². The SMILES string of the molecule is C#CC(C)(C)NC.C#CC(C)(C)NCCC.C#CC(C)(C)NCc1ccccn1.C#CCNC. The first kappa shape index (κ1) is 35.8. The molecule has 0 aliphatic rings. The molecular weight excluding hydrogens is 418 g/mol. The van der Waals surface area contributed by atoms with Crippen LogP contribution in [0.5, 0.6) is 0 Å². The second-order valence-corrected chi connectivity index (χ2v) is 8.89. The lowest BCUT2D eigenvalue weighted by Gasteiger charge is -2.18. The van der Waals surface area contributed by atoms with Crippen molar-refractivity contribution in [3.8, 4) is 49.4 Å². The van der Waals surface area contributed by atoms with Crippen LogP contribution in [0.15, 0.2) is 24.4 Å². The molecule has 0 aliphatic carbocycles. The average molecular weight is 466 g/mol. The van der Waals surface area contributed by atoms with E-state index >= 15 is 0 Å². The van der Waals surface area contributed by atoms with Crippen LogP contribution in [0.1, 0.15) is 60.6 Å². The van der Waals surface area contributed by atoms with Gasteiger partial charge < -0.3 is 16.0 Å². The second-order valence-electron chi connectivity index (χ2n) is 8.89. The van der Waals surface area contributed by atoms with Crippen LogP contribution < -0.4 is 21.3 Å². The molecule has 34 heavy (non-hydrogen) atoms. The Morgan fingerprint density at radius 2 is 1.35 bits per heavy atom. The van der Waals surface area contributed by atoms with Crippen LogP contribution in [0, 0.1) is 49.4 Å². The molecule has 1 aromatic heterocycles. The van der Waals surface area contributed by atoms with Crippen LogP contribution in [0.2, 0.25) is 0 Å². The van der Waals surface area contributed by atoms with Crippen molar-refractivity contribution in [1.29, 1.82) is 0 Å². The summed E-state index contributed by atoms with van der Waals surface area (Å²) >= 11 is 0. The lowest BCUT2D eigenvalue weighted by Crippen LogP contribution is -2.37. The van der Waals surface area contributed by atoms with Gasteiger partial charge in [-0.2, -0.15) is 0 Å². The van der Waals surface area contributed by atoms with E-state index in [2.05, 4.69) is 56.9 Å². The summed E-state index contributed by atoms with van der Waals surface area (Å²) in [7, 11) is 3.67. The second kappa shape index (κ2) is 20.8. The summed E-state index contributed by atoms with van der Waals surface area (Å²) in [5.74, 6) is 10.3. The van der Waals surface area contributed by atoms with Crippen LogP contribution in [-0.4, -0.2) is 48.8 Å². The number of terminal acetylenes is 4. The van der Waals surface area contributed by atoms with E-state index in [1.54, 1.807) is 6.20 Å². The van der Waals surface area contributed by atoms with Crippen LogP contribution >= 0.6 is 0 Å². The van der Waals surface area contributed by atoms with E-state index in [1.165, 1.54) is 0 Å². The molecule has 0 bridgehead atoms. The number of hydrogen-bond donors (Lipinski definition) is 4. The summed E-state index contributed by atoms with van der Waals surface area (Å²) in [6, 6.07) is 5.84. The smallest absolute Gasteiger partial charge is 0.0744 e. The molecule has 0 saturated heterocycles. The summed E-state index contributed by atoms with van der Waals surface area (Å²) < 4.78 is 0. The van der Waals surface area contributed by atoms with E-state index in [9.17, 15) is 0 Å². The monoisotopic (exact) mass is 465 g/mol. The number of nitrogens with zero attached hydrogens (tertiary/aromatic N) is 1. The van der Waals surface area contributed by atoms with Gasteiger partial charge in [-0.25, -0.2) is 0 Å². The minimum atomic E-state index is -0.266. The van der Waals surface area contributed by atoms with Crippen LogP contribution in [0.25, 0.3) is 0 Å². The molecule has 0 saturated carbocycles. The van der Waals surface area contributed by atoms with E-state index in [0.29, 0.717) is 13.1 Å². The number of aromatic nitrogens is 1. The van der Waals surface area contributed by atoms with Crippen molar-refractivity contribution in [2.75, 3.05) is 27.2 Å². The Balaban J connectivity index is -0.000000403. The van der Waals surface area contributed by atoms with E-state index in [1.807, 2.05) is 73.8 Å². The van der Waals surface area contributed by atoms with Crippen molar-refractivity contribution in [3.05, 3.63) is 30.1 Å². The molecule has 0 atom stereocenters. The minimum absolute atomic E-state index is 0.129. The molecule has 0 unspecified atom stereocenters. The summed E-state index contributed by atoms with van der Waals surface area (Å²) in [4.78, 5) is 4.19. The quantitative estimate of drug-likeness (QED) is 0.443. The molecule has 0 aliphatic heterocycles. The van der Waals surface area contributed by atoms with E-state index in [-0.39, 0.29) is 16.6 Å². The molecule has 0 amide bonds. The largest absolute Gasteiger partial charge is 0.309 e. The number of nitrogens with one attached hydrogen (secondary N) is 4. The molecule has 0 radical (unpaired) electrons. The predicted molar refractivity (Wildman–Crippen MR) is 150 cm³/mol. The Morgan fingerprint density at radius 1 is 0.824 bits per heavy atom. The van der Waals surface area contributed by atoms with E-state index in [4.69, 9.17) is 25.7 Å². The van der Waals surface area contributed by atoms with Gasteiger partial charge in [-0.1, -0.05) is 36.7 Å². The van der Waals surface area contributed by atoms with Crippen LogP contribution in [0.3, 0.4) is 0 Å². The first-order valence-electron chi connectivity index (χ1n) is 11.4. The average Bonchev–Trinajstić information content (AvgIpc) is 2.84. The fourth-order valence-corrected chi connectivity index (χ4v) is 1.53. The van der Waals surface area contributed by atoms with Gasteiger partial charge in [-0.05, 0) is 80.7 Å². The zero-order valence-electron chi connectivity index (χ0n) is 22.9. The summed E-state index contributed by atoms with van der Waals surface area (Å²) in [5.41, 5.74) is 0.471. The molecular formula is C29H47N5. The van der Waals surface area contributed by atoms with Gasteiger partial charge >= 0.3 is 0 Å². The van der Waals surface area contributed by atoms with Crippen molar-refractivity contribution >= 4 is 0 Å². The Morgan fingerprint density at radius 3 is 1.65 bits per heavy atom. The van der Waals surface area contributed by atoms with Crippen LogP contribution in [0.4, 0.5) is 0 Å². The lowest BCUT2D eigenvalue weighted by atomic mass is 10.1. The standard InChI is InChI=1S/C11H14N2.C8H15N.C6H11N.C4H7N/c1-4-11(2,3)13-9-10-7-5-6-8-12-10;1-5-7-9-8(3,4)6-2;1-5-6(2,3)7-4;1-3-4-5-2/h1,5-8,13H,9H2,2-3H3;2,9H,5,7H2,1,3-4H3;1,7H,2-4H3;1,5H,4H2,2H3. The van der Waals surface area contributed by atoms with Crippen molar-refractivity contribution in [1.82, 2.24) is 26.3 Å². The molecule has 5 heteroatoms. The third-order valence-electron chi connectivity index (χ3n) is 4.24. The normalized spacial score (nSPS) is 10.1. The zero-order valence-corrected chi connectivity index (χ0v) is 22.9. The Hall–Kier alpha value is -2.77. The Labute approximate surface area is 211 Å². The fraction of sp³-hybridized carbons (Fsp3) is 0.552. The van der Waals surface area contributed by atoms with Gasteiger partial charge in [0.2, 0.25) is 0 Å². The van der Waals surface area contributed by atoms with Gasteiger partial charge in [0.1, 0.15) is 0 Å². The molecule has 0 spiro atoms. The number of pyridine rings is 1. The molecule has 4 N–H and O–H groups in total. The van der Waals surface area contributed by atoms with Gasteiger partial charge in [-0.3, -0.25) is 10.3 Å². The summed E-state index contributed by atoms with van der Waals surface area (Å²) in [5, 5.41) is 12.2. The molecule has 188 valence electrons. The maximum Gasteiger partial charge on any atom is 0.0744 e. The summed E-state index contributed by atoms with van der Waals surface area (Å²) in [6.45, 7) is 16.3. The first-order chi connectivity index (χ1) is 15.8. The molecule has 1 heterocycles. The molecule has 1 rings (SSSR count). The third-order valence-corrected chi connectivity index (χ3v) is 4.24.